The van der Waals surface area contributed by atoms with Crippen molar-refractivity contribution in [2.75, 3.05) is 0 Å². The summed E-state index contributed by atoms with van der Waals surface area (Å²) < 4.78 is 0. The van der Waals surface area contributed by atoms with Crippen molar-refractivity contribution in [1.82, 2.24) is 4.98 Å². The number of hydrogen-bond donors (Lipinski definition) is 1. The number of nitrogens with zero attached hydrogens (tertiary/aromatic N) is 1. The molecule has 1 aromatic rings. The molecular formula is C9H14N2S. The summed E-state index contributed by atoms with van der Waals surface area (Å²) in [5, 5.41) is 1.13. The second-order valence-corrected chi connectivity index (χ2v) is 4.12. The Morgan fingerprint density at radius 2 is 2.33 bits per heavy atom. The van der Waals surface area contributed by atoms with Crippen LogP contribution in [-0.2, 0) is 13.0 Å². The minimum Gasteiger partial charge on any atom is -0.326 e. The summed E-state index contributed by atoms with van der Waals surface area (Å²) in [5.41, 5.74) is 7.76. The van der Waals surface area contributed by atoms with Gasteiger partial charge in [0.25, 0.3) is 0 Å². The molecule has 0 aliphatic carbocycles. The molecule has 66 valence electrons. The van der Waals surface area contributed by atoms with Gasteiger partial charge < -0.3 is 5.73 Å². The molecule has 1 rings (SSSR count). The largest absolute Gasteiger partial charge is 0.326 e. The molecule has 2 nitrogen and oxygen atoms in total. The molecule has 0 saturated heterocycles. The maximum absolute atomic E-state index is 5.54. The van der Waals surface area contributed by atoms with E-state index in [0.29, 0.717) is 6.54 Å². The number of aromatic nitrogens is 1. The number of aryl methyl sites for hydroxylation is 1. The van der Waals surface area contributed by atoms with Crippen LogP contribution in [0.25, 0.3) is 0 Å². The Labute approximate surface area is 77.1 Å². The van der Waals surface area contributed by atoms with Gasteiger partial charge in [-0.25, -0.2) is 4.98 Å². The minimum atomic E-state index is 0.597. The Bertz CT molecular complexity index is 289. The normalized spacial score (nSPS) is 10.2. The molecule has 3 heteroatoms. The first-order valence-corrected chi connectivity index (χ1v) is 4.74. The first-order valence-electron chi connectivity index (χ1n) is 3.93. The third-order valence-electron chi connectivity index (χ3n) is 1.58. The van der Waals surface area contributed by atoms with E-state index in [2.05, 4.69) is 11.6 Å². The van der Waals surface area contributed by atoms with Crippen LogP contribution in [0.4, 0.5) is 0 Å². The number of nitrogens with two attached hydrogens (primary N) is 1. The zero-order valence-electron chi connectivity index (χ0n) is 7.55. The quantitative estimate of drug-likeness (QED) is 0.726. The monoisotopic (exact) mass is 182 g/mol. The summed E-state index contributed by atoms with van der Waals surface area (Å²) >= 11 is 1.69. The van der Waals surface area contributed by atoms with E-state index in [0.717, 1.165) is 22.7 Å². The van der Waals surface area contributed by atoms with E-state index in [1.807, 2.05) is 13.8 Å². The van der Waals surface area contributed by atoms with E-state index in [1.165, 1.54) is 4.88 Å². The molecule has 12 heavy (non-hydrogen) atoms. The van der Waals surface area contributed by atoms with Gasteiger partial charge in [0.1, 0.15) is 0 Å². The van der Waals surface area contributed by atoms with Crippen LogP contribution in [0.2, 0.25) is 0 Å². The van der Waals surface area contributed by atoms with Crippen LogP contribution in [0.5, 0.6) is 0 Å². The molecule has 2 N–H and O–H groups in total. The van der Waals surface area contributed by atoms with Gasteiger partial charge in [-0.05, 0) is 13.8 Å². The second-order valence-electron chi connectivity index (χ2n) is 2.95. The molecule has 0 fully saturated rings. The molecule has 1 aromatic heterocycles. The third-order valence-corrected chi connectivity index (χ3v) is 2.76. The Balaban J connectivity index is 2.82. The number of hydrogen-bond acceptors (Lipinski definition) is 3. The van der Waals surface area contributed by atoms with Gasteiger partial charge in [-0.15, -0.1) is 11.3 Å². The highest BCUT2D eigenvalue weighted by Gasteiger charge is 2.05. The average molecular weight is 182 g/mol. The fourth-order valence-corrected chi connectivity index (χ4v) is 2.07. The Kier molecular flexibility index (Phi) is 3.00. The highest BCUT2D eigenvalue weighted by Crippen LogP contribution is 2.19. The first-order chi connectivity index (χ1) is 5.63. The fourth-order valence-electron chi connectivity index (χ4n) is 1.01. The summed E-state index contributed by atoms with van der Waals surface area (Å²) in [4.78, 5) is 5.59. The predicted octanol–water partition coefficient (Wildman–Crippen LogP) is 2.03. The van der Waals surface area contributed by atoms with Crippen LogP contribution in [0.1, 0.15) is 22.5 Å². The van der Waals surface area contributed by atoms with Crippen molar-refractivity contribution in [2.24, 2.45) is 5.73 Å². The van der Waals surface area contributed by atoms with Crippen LogP contribution < -0.4 is 5.73 Å². The third kappa shape index (κ3) is 2.16. The maximum Gasteiger partial charge on any atom is 0.0971 e. The summed E-state index contributed by atoms with van der Waals surface area (Å²) in [5.74, 6) is 0. The zero-order valence-corrected chi connectivity index (χ0v) is 8.37. The SMILES string of the molecule is C=C(C)Cc1nc(C)c(CN)s1. The van der Waals surface area contributed by atoms with E-state index in [-0.39, 0.29) is 0 Å². The van der Waals surface area contributed by atoms with E-state index < -0.39 is 0 Å². The van der Waals surface area contributed by atoms with Crippen LogP contribution in [-0.4, -0.2) is 4.98 Å². The van der Waals surface area contributed by atoms with Crippen LogP contribution in [0.15, 0.2) is 12.2 Å². The molecule has 0 aliphatic heterocycles. The Morgan fingerprint density at radius 3 is 2.75 bits per heavy atom. The maximum atomic E-state index is 5.54. The minimum absolute atomic E-state index is 0.597. The average Bonchev–Trinajstić information content (AvgIpc) is 2.29. The van der Waals surface area contributed by atoms with Gasteiger partial charge in [-0.3, -0.25) is 0 Å². The van der Waals surface area contributed by atoms with Crippen molar-refractivity contribution in [3.05, 3.63) is 27.7 Å². The lowest BCUT2D eigenvalue weighted by atomic mass is 10.2. The van der Waals surface area contributed by atoms with Crippen molar-refractivity contribution in [3.8, 4) is 0 Å². The van der Waals surface area contributed by atoms with Gasteiger partial charge in [0.05, 0.1) is 10.7 Å². The van der Waals surface area contributed by atoms with Crippen molar-refractivity contribution in [1.29, 1.82) is 0 Å². The molecular weight excluding hydrogens is 168 g/mol. The lowest BCUT2D eigenvalue weighted by molar-refractivity contribution is 1.04. The van der Waals surface area contributed by atoms with Gasteiger partial charge >= 0.3 is 0 Å². The Hall–Kier alpha value is -0.670. The molecule has 0 amide bonds. The topological polar surface area (TPSA) is 38.9 Å². The van der Waals surface area contributed by atoms with Crippen molar-refractivity contribution in [3.63, 3.8) is 0 Å². The van der Waals surface area contributed by atoms with Crippen molar-refractivity contribution >= 4 is 11.3 Å². The standard InChI is InChI=1S/C9H14N2S/c1-6(2)4-9-11-7(3)8(5-10)12-9/h1,4-5,10H2,2-3H3. The molecule has 0 aliphatic rings. The fraction of sp³-hybridized carbons (Fsp3) is 0.444. The molecule has 0 radical (unpaired) electrons. The number of rotatable bonds is 3. The molecule has 1 heterocycles. The van der Waals surface area contributed by atoms with Gasteiger partial charge in [0.15, 0.2) is 0 Å². The van der Waals surface area contributed by atoms with E-state index >= 15 is 0 Å². The van der Waals surface area contributed by atoms with Gasteiger partial charge in [-0.1, -0.05) is 12.2 Å². The summed E-state index contributed by atoms with van der Waals surface area (Å²) in [6.07, 6.45) is 0.880. The molecule has 0 unspecified atom stereocenters. The Morgan fingerprint density at radius 1 is 1.67 bits per heavy atom. The zero-order chi connectivity index (χ0) is 9.14. The molecule has 0 saturated carbocycles. The summed E-state index contributed by atoms with van der Waals surface area (Å²) in [6, 6.07) is 0. The molecule has 0 atom stereocenters. The number of thiazole rings is 1. The van der Waals surface area contributed by atoms with E-state index in [9.17, 15) is 0 Å². The highest BCUT2D eigenvalue weighted by molar-refractivity contribution is 7.11. The van der Waals surface area contributed by atoms with Crippen LogP contribution in [0.3, 0.4) is 0 Å². The molecule has 0 bridgehead atoms. The number of allylic oxidation sites excluding steroid dienone is 1. The van der Waals surface area contributed by atoms with Gasteiger partial charge in [0, 0.05) is 17.8 Å². The smallest absolute Gasteiger partial charge is 0.0971 e. The summed E-state index contributed by atoms with van der Waals surface area (Å²) in [7, 11) is 0. The van der Waals surface area contributed by atoms with Gasteiger partial charge in [0.2, 0.25) is 0 Å². The first kappa shape index (κ1) is 9.42. The lowest BCUT2D eigenvalue weighted by Crippen LogP contribution is -1.94. The van der Waals surface area contributed by atoms with Crippen molar-refractivity contribution < 1.29 is 0 Å². The van der Waals surface area contributed by atoms with E-state index in [4.69, 9.17) is 5.73 Å². The van der Waals surface area contributed by atoms with E-state index in [1.54, 1.807) is 11.3 Å². The molecule has 0 spiro atoms. The highest BCUT2D eigenvalue weighted by atomic mass is 32.1. The van der Waals surface area contributed by atoms with Crippen molar-refractivity contribution in [2.45, 2.75) is 26.8 Å². The summed E-state index contributed by atoms with van der Waals surface area (Å²) in [6.45, 7) is 8.46. The van der Waals surface area contributed by atoms with Gasteiger partial charge in [-0.2, -0.15) is 0 Å². The second kappa shape index (κ2) is 3.83. The predicted molar refractivity (Wildman–Crippen MR) is 53.3 cm³/mol. The lowest BCUT2D eigenvalue weighted by Gasteiger charge is -1.91. The van der Waals surface area contributed by atoms with Crippen LogP contribution >= 0.6 is 11.3 Å². The molecule has 0 aromatic carbocycles. The van der Waals surface area contributed by atoms with Crippen LogP contribution in [0, 0.1) is 6.92 Å².